The summed E-state index contributed by atoms with van der Waals surface area (Å²) >= 11 is 0. The lowest BCUT2D eigenvalue weighted by Gasteiger charge is -2.18. The summed E-state index contributed by atoms with van der Waals surface area (Å²) in [6.07, 6.45) is 3.21. The third kappa shape index (κ3) is 6.01. The number of rotatable bonds is 7. The minimum Gasteiger partial charge on any atom is -0.457 e. The number of nitrogens with one attached hydrogen (secondary N) is 2. The maximum atomic E-state index is 13.0. The van der Waals surface area contributed by atoms with Crippen LogP contribution in [0.5, 0.6) is 11.5 Å². The number of nitrogens with zero attached hydrogens (tertiary/aromatic N) is 1. The van der Waals surface area contributed by atoms with E-state index in [4.69, 9.17) is 4.74 Å². The number of carbonyl (C=O) groups excluding carboxylic acids is 4. The Hall–Kier alpha value is -5.50. The van der Waals surface area contributed by atoms with Crippen LogP contribution in [0.4, 0.5) is 17.1 Å². The molecule has 2 aliphatic rings. The van der Waals surface area contributed by atoms with Gasteiger partial charge in [-0.1, -0.05) is 29.3 Å². The number of hydrogen-bond donors (Lipinski definition) is 2. The first-order valence-corrected chi connectivity index (χ1v) is 14.5. The first-order chi connectivity index (χ1) is 21.2. The molecule has 44 heavy (non-hydrogen) atoms. The molecule has 8 nitrogen and oxygen atoms in total. The summed E-state index contributed by atoms with van der Waals surface area (Å²) in [6, 6.07) is 27.8. The standard InChI is InChI=1S/C36H31N3O5/c1-22-3-16-29(17-4-22)44-30-18-12-27(13-19-30)38-33(40)24-6-10-26(11-7-24)37-34(41)25-8-14-28(15-9-25)39-35(42)31-20-5-23(2)21-32(31)36(39)43/h3-19,31-32H,20-21H2,1-2H3,(H,37,41)(H,38,40)/t31-,32+/m1/s1. The fraction of sp³-hybridized carbons (Fsp3) is 0.167. The van der Waals surface area contributed by atoms with Crippen molar-refractivity contribution in [3.8, 4) is 11.5 Å². The van der Waals surface area contributed by atoms with Crippen LogP contribution in [0, 0.1) is 18.8 Å². The Labute approximate surface area is 255 Å². The van der Waals surface area contributed by atoms with Gasteiger partial charge in [0.15, 0.2) is 0 Å². The van der Waals surface area contributed by atoms with Crippen molar-refractivity contribution in [1.82, 2.24) is 0 Å². The van der Waals surface area contributed by atoms with Gasteiger partial charge >= 0.3 is 0 Å². The molecule has 4 aromatic carbocycles. The van der Waals surface area contributed by atoms with E-state index in [1.807, 2.05) is 44.2 Å². The maximum Gasteiger partial charge on any atom is 0.255 e. The number of aryl methyl sites for hydroxylation is 1. The Morgan fingerprint density at radius 3 is 1.70 bits per heavy atom. The van der Waals surface area contributed by atoms with Crippen LogP contribution in [0.25, 0.3) is 0 Å². The molecule has 0 unspecified atom stereocenters. The van der Waals surface area contributed by atoms with E-state index in [1.165, 1.54) is 4.90 Å². The molecule has 1 aliphatic heterocycles. The molecule has 4 aromatic rings. The van der Waals surface area contributed by atoms with Crippen molar-refractivity contribution >= 4 is 40.7 Å². The third-order valence-corrected chi connectivity index (χ3v) is 7.98. The molecular formula is C36H31N3O5. The maximum absolute atomic E-state index is 13.0. The molecule has 4 amide bonds. The summed E-state index contributed by atoms with van der Waals surface area (Å²) in [7, 11) is 0. The summed E-state index contributed by atoms with van der Waals surface area (Å²) in [5, 5.41) is 5.68. The van der Waals surface area contributed by atoms with Crippen LogP contribution in [0.2, 0.25) is 0 Å². The van der Waals surface area contributed by atoms with Crippen molar-refractivity contribution in [2.45, 2.75) is 26.7 Å². The van der Waals surface area contributed by atoms with E-state index in [2.05, 4.69) is 10.6 Å². The lowest BCUT2D eigenvalue weighted by atomic mass is 9.82. The topological polar surface area (TPSA) is 105 Å². The molecule has 0 radical (unpaired) electrons. The lowest BCUT2D eigenvalue weighted by Crippen LogP contribution is -2.30. The second kappa shape index (κ2) is 12.0. The van der Waals surface area contributed by atoms with Gasteiger partial charge in [0.2, 0.25) is 11.8 Å². The molecule has 220 valence electrons. The van der Waals surface area contributed by atoms with E-state index in [-0.39, 0.29) is 35.5 Å². The van der Waals surface area contributed by atoms with Gasteiger partial charge in [-0.15, -0.1) is 0 Å². The molecule has 1 aliphatic carbocycles. The molecule has 1 fully saturated rings. The zero-order chi connectivity index (χ0) is 30.8. The Morgan fingerprint density at radius 1 is 0.659 bits per heavy atom. The van der Waals surface area contributed by atoms with Crippen LogP contribution in [0.3, 0.4) is 0 Å². The third-order valence-electron chi connectivity index (χ3n) is 7.98. The molecule has 1 saturated heterocycles. The minimum absolute atomic E-state index is 0.182. The molecule has 2 atom stereocenters. The van der Waals surface area contributed by atoms with Crippen LogP contribution in [-0.2, 0) is 9.59 Å². The summed E-state index contributed by atoms with van der Waals surface area (Å²) in [6.45, 7) is 4.00. The highest BCUT2D eigenvalue weighted by molar-refractivity contribution is 6.22. The van der Waals surface area contributed by atoms with Crippen molar-refractivity contribution in [1.29, 1.82) is 0 Å². The summed E-state index contributed by atoms with van der Waals surface area (Å²) < 4.78 is 5.84. The SMILES string of the molecule is CC1=CC[C@H]2C(=O)N(c3ccc(C(=O)Nc4ccc(C(=O)Nc5ccc(Oc6ccc(C)cc6)cc5)cc4)cc3)C(=O)[C@H]2C1. The number of amides is 4. The highest BCUT2D eigenvalue weighted by Crippen LogP contribution is 2.39. The van der Waals surface area contributed by atoms with Crippen molar-refractivity contribution in [3.63, 3.8) is 0 Å². The average molecular weight is 586 g/mol. The van der Waals surface area contributed by atoms with Crippen molar-refractivity contribution in [2.24, 2.45) is 11.8 Å². The van der Waals surface area contributed by atoms with Gasteiger partial charge < -0.3 is 15.4 Å². The van der Waals surface area contributed by atoms with E-state index in [0.29, 0.717) is 46.8 Å². The highest BCUT2D eigenvalue weighted by atomic mass is 16.5. The first-order valence-electron chi connectivity index (χ1n) is 14.5. The van der Waals surface area contributed by atoms with E-state index >= 15 is 0 Å². The smallest absolute Gasteiger partial charge is 0.255 e. The second-order valence-electron chi connectivity index (χ2n) is 11.2. The van der Waals surface area contributed by atoms with Crippen molar-refractivity contribution in [2.75, 3.05) is 15.5 Å². The number of hydrogen-bond acceptors (Lipinski definition) is 5. The van der Waals surface area contributed by atoms with Crippen LogP contribution in [0.15, 0.2) is 109 Å². The molecule has 0 aromatic heterocycles. The number of anilines is 3. The Balaban J connectivity index is 1.03. The number of benzene rings is 4. The first kappa shape index (κ1) is 28.6. The molecule has 0 bridgehead atoms. The number of fused-ring (bicyclic) bond motifs is 1. The van der Waals surface area contributed by atoms with Gasteiger partial charge in [0.25, 0.3) is 11.8 Å². The lowest BCUT2D eigenvalue weighted by molar-refractivity contribution is -0.122. The van der Waals surface area contributed by atoms with Crippen LogP contribution >= 0.6 is 0 Å². The molecule has 2 N–H and O–H groups in total. The minimum atomic E-state index is -0.353. The van der Waals surface area contributed by atoms with Gasteiger partial charge in [-0.2, -0.15) is 0 Å². The Kier molecular flexibility index (Phi) is 7.81. The predicted molar refractivity (Wildman–Crippen MR) is 169 cm³/mol. The number of allylic oxidation sites excluding steroid dienone is 2. The van der Waals surface area contributed by atoms with Crippen LogP contribution in [0.1, 0.15) is 46.0 Å². The molecule has 0 spiro atoms. The molecule has 6 rings (SSSR count). The highest BCUT2D eigenvalue weighted by Gasteiger charge is 2.48. The zero-order valence-corrected chi connectivity index (χ0v) is 24.4. The van der Waals surface area contributed by atoms with E-state index in [1.54, 1.807) is 72.8 Å². The van der Waals surface area contributed by atoms with Crippen molar-refractivity contribution < 1.29 is 23.9 Å². The normalized spacial score (nSPS) is 17.5. The van der Waals surface area contributed by atoms with Gasteiger partial charge in [0, 0.05) is 22.5 Å². The number of imide groups is 1. The van der Waals surface area contributed by atoms with Gasteiger partial charge in [0.05, 0.1) is 17.5 Å². The summed E-state index contributed by atoms with van der Waals surface area (Å²) in [4.78, 5) is 52.8. The van der Waals surface area contributed by atoms with E-state index in [9.17, 15) is 19.2 Å². The van der Waals surface area contributed by atoms with Gasteiger partial charge in [-0.05, 0) is 112 Å². The van der Waals surface area contributed by atoms with E-state index in [0.717, 1.165) is 16.9 Å². The van der Waals surface area contributed by atoms with E-state index < -0.39 is 0 Å². The quantitative estimate of drug-likeness (QED) is 0.177. The number of carbonyl (C=O) groups is 4. The van der Waals surface area contributed by atoms with Gasteiger partial charge in [0.1, 0.15) is 11.5 Å². The summed E-state index contributed by atoms with van der Waals surface area (Å²) in [5.74, 6) is -0.250. The average Bonchev–Trinajstić information content (AvgIpc) is 3.28. The zero-order valence-electron chi connectivity index (χ0n) is 24.4. The Bertz CT molecular complexity index is 1760. The molecule has 0 saturated carbocycles. The molecule has 8 heteroatoms. The largest absolute Gasteiger partial charge is 0.457 e. The predicted octanol–water partition coefficient (Wildman–Crippen LogP) is 7.14. The fourth-order valence-electron chi connectivity index (χ4n) is 5.51. The van der Waals surface area contributed by atoms with Gasteiger partial charge in [-0.25, -0.2) is 0 Å². The van der Waals surface area contributed by atoms with Gasteiger partial charge in [-0.3, -0.25) is 24.1 Å². The fourth-order valence-corrected chi connectivity index (χ4v) is 5.51. The van der Waals surface area contributed by atoms with Crippen molar-refractivity contribution in [3.05, 3.63) is 125 Å². The summed E-state index contributed by atoms with van der Waals surface area (Å²) in [5.41, 5.74) is 4.69. The second-order valence-corrected chi connectivity index (χ2v) is 11.2. The molecular weight excluding hydrogens is 554 g/mol. The number of ether oxygens (including phenoxy) is 1. The van der Waals surface area contributed by atoms with Crippen LogP contribution < -0.4 is 20.3 Å². The van der Waals surface area contributed by atoms with Crippen LogP contribution in [-0.4, -0.2) is 23.6 Å². The molecule has 1 heterocycles. The Morgan fingerprint density at radius 2 is 1.14 bits per heavy atom. The monoisotopic (exact) mass is 585 g/mol.